The average molecular weight is 295 g/mol. The third-order valence-corrected chi connectivity index (χ3v) is 3.56. The van der Waals surface area contributed by atoms with E-state index in [9.17, 15) is 18.3 Å². The van der Waals surface area contributed by atoms with Crippen LogP contribution in [0.2, 0.25) is 0 Å². The van der Waals surface area contributed by atoms with Gasteiger partial charge in [0.1, 0.15) is 17.5 Å². The van der Waals surface area contributed by atoms with Gasteiger partial charge in [0.2, 0.25) is 0 Å². The van der Waals surface area contributed by atoms with Crippen molar-refractivity contribution in [3.63, 3.8) is 0 Å². The zero-order valence-corrected chi connectivity index (χ0v) is 11.5. The Morgan fingerprint density at radius 2 is 1.62 bits per heavy atom. The molecule has 2 atom stereocenters. The van der Waals surface area contributed by atoms with Crippen molar-refractivity contribution < 1.29 is 18.3 Å². The number of aliphatic hydroxyl groups excluding tert-OH is 1. The highest BCUT2D eigenvalue weighted by atomic mass is 19.1. The highest BCUT2D eigenvalue weighted by Crippen LogP contribution is 2.33. The van der Waals surface area contributed by atoms with Crippen molar-refractivity contribution in [3.05, 3.63) is 70.5 Å². The van der Waals surface area contributed by atoms with Gasteiger partial charge in [0, 0.05) is 18.5 Å². The average Bonchev–Trinajstić information content (AvgIpc) is 2.44. The van der Waals surface area contributed by atoms with Crippen molar-refractivity contribution >= 4 is 0 Å². The summed E-state index contributed by atoms with van der Waals surface area (Å²) in [4.78, 5) is 0. The van der Waals surface area contributed by atoms with Crippen molar-refractivity contribution in [1.82, 2.24) is 0 Å². The van der Waals surface area contributed by atoms with Gasteiger partial charge >= 0.3 is 0 Å². The molecule has 112 valence electrons. The van der Waals surface area contributed by atoms with Gasteiger partial charge in [-0.25, -0.2) is 13.2 Å². The zero-order valence-electron chi connectivity index (χ0n) is 11.5. The summed E-state index contributed by atoms with van der Waals surface area (Å²) in [5.74, 6) is -2.77. The quantitative estimate of drug-likeness (QED) is 0.910. The summed E-state index contributed by atoms with van der Waals surface area (Å²) < 4.78 is 40.2. The maximum Gasteiger partial charge on any atom is 0.129 e. The molecular formula is C16H16F3NO. The molecule has 0 aromatic heterocycles. The van der Waals surface area contributed by atoms with Crippen molar-refractivity contribution in [2.75, 3.05) is 6.54 Å². The summed E-state index contributed by atoms with van der Waals surface area (Å²) in [6.07, 6.45) is -1.18. The molecular weight excluding hydrogens is 279 g/mol. The Bertz CT molecular complexity index is 645. The molecule has 0 amide bonds. The van der Waals surface area contributed by atoms with E-state index < -0.39 is 29.5 Å². The van der Waals surface area contributed by atoms with Crippen LogP contribution in [0.1, 0.15) is 28.7 Å². The van der Waals surface area contributed by atoms with E-state index in [4.69, 9.17) is 5.73 Å². The maximum absolute atomic E-state index is 13.9. The number of aryl methyl sites for hydroxylation is 1. The van der Waals surface area contributed by atoms with E-state index >= 15 is 0 Å². The van der Waals surface area contributed by atoms with Crippen LogP contribution < -0.4 is 5.73 Å². The number of nitrogens with two attached hydrogens (primary N) is 1. The second-order valence-electron chi connectivity index (χ2n) is 4.95. The molecule has 21 heavy (non-hydrogen) atoms. The van der Waals surface area contributed by atoms with Gasteiger partial charge in [0.25, 0.3) is 0 Å². The molecule has 0 aliphatic heterocycles. The summed E-state index contributed by atoms with van der Waals surface area (Å²) in [7, 11) is 0. The summed E-state index contributed by atoms with van der Waals surface area (Å²) in [5.41, 5.74) is 6.74. The molecule has 0 heterocycles. The minimum atomic E-state index is -1.18. The monoisotopic (exact) mass is 295 g/mol. The Kier molecular flexibility index (Phi) is 4.65. The van der Waals surface area contributed by atoms with E-state index in [1.165, 1.54) is 24.3 Å². The van der Waals surface area contributed by atoms with E-state index in [2.05, 4.69) is 0 Å². The molecule has 2 aromatic carbocycles. The molecule has 0 bridgehead atoms. The molecule has 2 rings (SSSR count). The molecule has 0 spiro atoms. The van der Waals surface area contributed by atoms with Crippen molar-refractivity contribution in [3.8, 4) is 0 Å². The van der Waals surface area contributed by atoms with Crippen LogP contribution in [0.3, 0.4) is 0 Å². The first-order valence-electron chi connectivity index (χ1n) is 6.53. The van der Waals surface area contributed by atoms with Crippen LogP contribution in [0.4, 0.5) is 13.2 Å². The molecule has 0 radical (unpaired) electrons. The van der Waals surface area contributed by atoms with Gasteiger partial charge in [-0.2, -0.15) is 0 Å². The lowest BCUT2D eigenvalue weighted by Gasteiger charge is -2.24. The third-order valence-electron chi connectivity index (χ3n) is 3.56. The summed E-state index contributed by atoms with van der Waals surface area (Å²) in [5, 5.41) is 10.4. The Hall–Kier alpha value is -1.85. The Morgan fingerprint density at radius 1 is 1.00 bits per heavy atom. The van der Waals surface area contributed by atoms with Crippen molar-refractivity contribution in [2.45, 2.75) is 18.9 Å². The number of halogens is 3. The molecule has 0 saturated heterocycles. The zero-order chi connectivity index (χ0) is 15.6. The second kappa shape index (κ2) is 6.28. The van der Waals surface area contributed by atoms with E-state index in [0.29, 0.717) is 11.1 Å². The molecule has 0 fully saturated rings. The van der Waals surface area contributed by atoms with Crippen molar-refractivity contribution in [1.29, 1.82) is 0 Å². The first-order chi connectivity index (χ1) is 9.93. The Balaban J connectivity index is 2.43. The predicted molar refractivity (Wildman–Crippen MR) is 74.3 cm³/mol. The van der Waals surface area contributed by atoms with Crippen LogP contribution >= 0.6 is 0 Å². The topological polar surface area (TPSA) is 46.2 Å². The lowest BCUT2D eigenvalue weighted by Crippen LogP contribution is -2.22. The fourth-order valence-electron chi connectivity index (χ4n) is 2.37. The fraction of sp³-hybridized carbons (Fsp3) is 0.250. The van der Waals surface area contributed by atoms with Gasteiger partial charge in [0.05, 0.1) is 6.10 Å². The van der Waals surface area contributed by atoms with Crippen LogP contribution in [-0.4, -0.2) is 11.7 Å². The summed E-state index contributed by atoms with van der Waals surface area (Å²) in [6, 6.07) is 7.10. The van der Waals surface area contributed by atoms with Gasteiger partial charge in [-0.05, 0) is 41.8 Å². The largest absolute Gasteiger partial charge is 0.388 e. The summed E-state index contributed by atoms with van der Waals surface area (Å²) >= 11 is 0. The van der Waals surface area contributed by atoms with Crippen LogP contribution in [0.25, 0.3) is 0 Å². The van der Waals surface area contributed by atoms with Gasteiger partial charge < -0.3 is 10.8 Å². The summed E-state index contributed by atoms with van der Waals surface area (Å²) in [6.45, 7) is 1.66. The Morgan fingerprint density at radius 3 is 2.24 bits per heavy atom. The SMILES string of the molecule is Cc1ccc(F)cc1C(O)C(CN)c1ccc(F)cc1F. The van der Waals surface area contributed by atoms with Crippen molar-refractivity contribution in [2.24, 2.45) is 5.73 Å². The first kappa shape index (κ1) is 15.5. The van der Waals surface area contributed by atoms with E-state index in [-0.39, 0.29) is 12.1 Å². The molecule has 0 aliphatic carbocycles. The number of aliphatic hydroxyl groups is 1. The molecule has 2 aromatic rings. The van der Waals surface area contributed by atoms with Crippen LogP contribution in [0.5, 0.6) is 0 Å². The molecule has 0 saturated carbocycles. The number of hydrogen-bond donors (Lipinski definition) is 2. The minimum absolute atomic E-state index is 0.0559. The van der Waals surface area contributed by atoms with Crippen LogP contribution in [0, 0.1) is 24.4 Å². The molecule has 3 N–H and O–H groups in total. The minimum Gasteiger partial charge on any atom is -0.388 e. The molecule has 2 nitrogen and oxygen atoms in total. The Labute approximate surface area is 121 Å². The second-order valence-corrected chi connectivity index (χ2v) is 4.95. The highest BCUT2D eigenvalue weighted by Gasteiger charge is 2.25. The molecule has 0 aliphatic rings. The standard InChI is InChI=1S/C16H16F3NO/c1-9-2-3-10(17)6-13(9)16(21)14(8-20)12-5-4-11(18)7-15(12)19/h2-7,14,16,21H,8,20H2,1H3. The molecule has 5 heteroatoms. The van der Waals surface area contributed by atoms with E-state index in [1.807, 2.05) is 0 Å². The van der Waals surface area contributed by atoms with Crippen LogP contribution in [-0.2, 0) is 0 Å². The maximum atomic E-state index is 13.9. The number of hydrogen-bond acceptors (Lipinski definition) is 2. The van der Waals surface area contributed by atoms with Gasteiger partial charge in [0.15, 0.2) is 0 Å². The lowest BCUT2D eigenvalue weighted by molar-refractivity contribution is 0.144. The third kappa shape index (κ3) is 3.25. The van der Waals surface area contributed by atoms with Gasteiger partial charge in [-0.15, -0.1) is 0 Å². The normalized spacial score (nSPS) is 14.0. The predicted octanol–water partition coefficient (Wildman–Crippen LogP) is 3.19. The first-order valence-corrected chi connectivity index (χ1v) is 6.53. The van der Waals surface area contributed by atoms with Crippen LogP contribution in [0.15, 0.2) is 36.4 Å². The van der Waals surface area contributed by atoms with Gasteiger partial charge in [-0.1, -0.05) is 12.1 Å². The smallest absolute Gasteiger partial charge is 0.129 e. The number of rotatable bonds is 4. The van der Waals surface area contributed by atoms with E-state index in [0.717, 1.165) is 12.1 Å². The lowest BCUT2D eigenvalue weighted by atomic mass is 9.87. The fourth-order valence-corrected chi connectivity index (χ4v) is 2.37. The van der Waals surface area contributed by atoms with Gasteiger partial charge in [-0.3, -0.25) is 0 Å². The van der Waals surface area contributed by atoms with E-state index in [1.54, 1.807) is 6.92 Å². The molecule has 2 unspecified atom stereocenters. The number of benzene rings is 2. The highest BCUT2D eigenvalue weighted by molar-refractivity contribution is 5.33.